The van der Waals surface area contributed by atoms with E-state index < -0.39 is 0 Å². The van der Waals surface area contributed by atoms with Crippen LogP contribution in [0.3, 0.4) is 0 Å². The number of nitrogens with zero attached hydrogens (tertiary/aromatic N) is 2. The van der Waals surface area contributed by atoms with Crippen LogP contribution in [0.25, 0.3) is 0 Å². The van der Waals surface area contributed by atoms with E-state index in [-0.39, 0.29) is 0 Å². The van der Waals surface area contributed by atoms with Crippen molar-refractivity contribution in [3.63, 3.8) is 0 Å². The normalized spacial score (nSPS) is 10.9. The molecule has 0 atom stereocenters. The van der Waals surface area contributed by atoms with Crippen LogP contribution in [-0.2, 0) is 13.1 Å². The Morgan fingerprint density at radius 2 is 2.25 bits per heavy atom. The molecule has 0 saturated heterocycles. The molecule has 0 saturated carbocycles. The third-order valence-corrected chi connectivity index (χ3v) is 2.65. The van der Waals surface area contributed by atoms with Crippen molar-refractivity contribution in [2.75, 3.05) is 7.05 Å². The van der Waals surface area contributed by atoms with E-state index in [1.807, 2.05) is 25.2 Å². The van der Waals surface area contributed by atoms with Gasteiger partial charge in [0.25, 0.3) is 0 Å². The zero-order chi connectivity index (χ0) is 11.4. The summed E-state index contributed by atoms with van der Waals surface area (Å²) in [5.74, 6) is 0. The summed E-state index contributed by atoms with van der Waals surface area (Å²) in [5, 5.41) is 0.571. The number of furan rings is 1. The van der Waals surface area contributed by atoms with Gasteiger partial charge in [0.2, 0.25) is 0 Å². The van der Waals surface area contributed by atoms with E-state index in [1.165, 1.54) is 0 Å². The second-order valence-electron chi connectivity index (χ2n) is 3.76. The molecule has 0 aliphatic rings. The molecule has 0 N–H and O–H groups in total. The minimum Gasteiger partial charge on any atom is -0.472 e. The molecule has 16 heavy (non-hydrogen) atoms. The summed E-state index contributed by atoms with van der Waals surface area (Å²) in [4.78, 5) is 6.21. The lowest BCUT2D eigenvalue weighted by Crippen LogP contribution is -2.17. The fourth-order valence-electron chi connectivity index (χ4n) is 1.58. The van der Waals surface area contributed by atoms with Crippen molar-refractivity contribution in [2.45, 2.75) is 13.1 Å². The molecule has 0 aliphatic heterocycles. The summed E-state index contributed by atoms with van der Waals surface area (Å²) >= 11 is 5.99. The van der Waals surface area contributed by atoms with E-state index in [2.05, 4.69) is 9.88 Å². The van der Waals surface area contributed by atoms with E-state index in [0.29, 0.717) is 5.15 Å². The minimum absolute atomic E-state index is 0.571. The molecule has 84 valence electrons. The zero-order valence-corrected chi connectivity index (χ0v) is 9.81. The number of pyridine rings is 1. The Morgan fingerprint density at radius 1 is 1.38 bits per heavy atom. The summed E-state index contributed by atoms with van der Waals surface area (Å²) in [6, 6.07) is 5.84. The first kappa shape index (κ1) is 11.2. The van der Waals surface area contributed by atoms with Crippen LogP contribution >= 0.6 is 11.6 Å². The zero-order valence-electron chi connectivity index (χ0n) is 9.06. The molecule has 3 nitrogen and oxygen atoms in total. The first-order valence-electron chi connectivity index (χ1n) is 5.04. The Labute approximate surface area is 99.7 Å². The summed E-state index contributed by atoms with van der Waals surface area (Å²) < 4.78 is 5.02. The van der Waals surface area contributed by atoms with Gasteiger partial charge in [-0.05, 0) is 19.2 Å². The van der Waals surface area contributed by atoms with Crippen molar-refractivity contribution in [1.82, 2.24) is 9.88 Å². The molecule has 2 aromatic rings. The fourth-order valence-corrected chi connectivity index (χ4v) is 1.76. The van der Waals surface area contributed by atoms with Gasteiger partial charge in [-0.2, -0.15) is 0 Å². The highest BCUT2D eigenvalue weighted by Gasteiger charge is 2.05. The standard InChI is InChI=1S/C12H13ClN2O/c1-15(7-10-4-6-16-9-10)8-11-3-2-5-14-12(11)13/h2-6,9H,7-8H2,1H3. The second-order valence-corrected chi connectivity index (χ2v) is 4.12. The Morgan fingerprint density at radius 3 is 2.94 bits per heavy atom. The molecule has 0 bridgehead atoms. The van der Waals surface area contributed by atoms with Crippen molar-refractivity contribution < 1.29 is 4.42 Å². The van der Waals surface area contributed by atoms with E-state index in [9.17, 15) is 0 Å². The van der Waals surface area contributed by atoms with E-state index in [4.69, 9.17) is 16.0 Å². The highest BCUT2D eigenvalue weighted by Crippen LogP contribution is 2.14. The first-order valence-corrected chi connectivity index (χ1v) is 5.42. The molecule has 0 unspecified atom stereocenters. The monoisotopic (exact) mass is 236 g/mol. The Bertz CT molecular complexity index is 442. The molecular formula is C12H13ClN2O. The molecule has 2 heterocycles. The number of aromatic nitrogens is 1. The van der Waals surface area contributed by atoms with Crippen LogP contribution in [0.2, 0.25) is 5.15 Å². The number of hydrogen-bond donors (Lipinski definition) is 0. The van der Waals surface area contributed by atoms with Gasteiger partial charge < -0.3 is 4.42 Å². The maximum absolute atomic E-state index is 5.99. The molecule has 2 aromatic heterocycles. The van der Waals surface area contributed by atoms with Crippen LogP contribution in [0, 0.1) is 0 Å². The lowest BCUT2D eigenvalue weighted by atomic mass is 10.2. The van der Waals surface area contributed by atoms with E-state index >= 15 is 0 Å². The third-order valence-electron chi connectivity index (χ3n) is 2.31. The smallest absolute Gasteiger partial charge is 0.133 e. The van der Waals surface area contributed by atoms with Crippen molar-refractivity contribution in [3.05, 3.63) is 53.2 Å². The van der Waals surface area contributed by atoms with Crippen molar-refractivity contribution >= 4 is 11.6 Å². The first-order chi connectivity index (χ1) is 7.75. The van der Waals surface area contributed by atoms with Crippen LogP contribution in [-0.4, -0.2) is 16.9 Å². The SMILES string of the molecule is CN(Cc1ccoc1)Cc1cccnc1Cl. The summed E-state index contributed by atoms with van der Waals surface area (Å²) in [7, 11) is 2.04. The van der Waals surface area contributed by atoms with Crippen LogP contribution in [0.1, 0.15) is 11.1 Å². The summed E-state index contributed by atoms with van der Waals surface area (Å²) in [5.41, 5.74) is 2.19. The second kappa shape index (κ2) is 5.14. The predicted octanol–water partition coefficient (Wildman–Crippen LogP) is 2.96. The van der Waals surface area contributed by atoms with Crippen molar-refractivity contribution in [1.29, 1.82) is 0 Å². The lowest BCUT2D eigenvalue weighted by Gasteiger charge is -2.15. The number of halogens is 1. The quantitative estimate of drug-likeness (QED) is 0.765. The topological polar surface area (TPSA) is 29.3 Å². The summed E-state index contributed by atoms with van der Waals surface area (Å²) in [6.07, 6.45) is 5.13. The summed E-state index contributed by atoms with van der Waals surface area (Å²) in [6.45, 7) is 1.61. The maximum Gasteiger partial charge on any atom is 0.133 e. The van der Waals surface area contributed by atoms with E-state index in [1.54, 1.807) is 18.7 Å². The van der Waals surface area contributed by atoms with Gasteiger partial charge in [-0.1, -0.05) is 17.7 Å². The van der Waals surface area contributed by atoms with Gasteiger partial charge in [0.05, 0.1) is 12.5 Å². The predicted molar refractivity (Wildman–Crippen MR) is 63.1 cm³/mol. The molecule has 4 heteroatoms. The Balaban J connectivity index is 1.97. The molecule has 0 fully saturated rings. The van der Waals surface area contributed by atoms with Crippen molar-refractivity contribution in [3.8, 4) is 0 Å². The average molecular weight is 237 g/mol. The van der Waals surface area contributed by atoms with Gasteiger partial charge in [-0.3, -0.25) is 4.90 Å². The Kier molecular flexibility index (Phi) is 3.59. The largest absolute Gasteiger partial charge is 0.472 e. The number of rotatable bonds is 4. The lowest BCUT2D eigenvalue weighted by molar-refractivity contribution is 0.317. The third kappa shape index (κ3) is 2.84. The molecule has 0 radical (unpaired) electrons. The molecule has 0 amide bonds. The average Bonchev–Trinajstić information content (AvgIpc) is 2.74. The van der Waals surface area contributed by atoms with Gasteiger partial charge in [0, 0.05) is 30.4 Å². The minimum atomic E-state index is 0.571. The molecule has 0 aromatic carbocycles. The van der Waals surface area contributed by atoms with Gasteiger partial charge in [-0.15, -0.1) is 0 Å². The van der Waals surface area contributed by atoms with Crippen LogP contribution in [0.4, 0.5) is 0 Å². The number of hydrogen-bond acceptors (Lipinski definition) is 3. The van der Waals surface area contributed by atoms with Gasteiger partial charge >= 0.3 is 0 Å². The fraction of sp³-hybridized carbons (Fsp3) is 0.250. The highest BCUT2D eigenvalue weighted by molar-refractivity contribution is 6.30. The molecular weight excluding hydrogens is 224 g/mol. The van der Waals surface area contributed by atoms with E-state index in [0.717, 1.165) is 24.2 Å². The van der Waals surface area contributed by atoms with Crippen LogP contribution < -0.4 is 0 Å². The van der Waals surface area contributed by atoms with Crippen LogP contribution in [0.5, 0.6) is 0 Å². The van der Waals surface area contributed by atoms with Crippen molar-refractivity contribution in [2.24, 2.45) is 0 Å². The van der Waals surface area contributed by atoms with Gasteiger partial charge in [0.1, 0.15) is 5.15 Å². The maximum atomic E-state index is 5.99. The molecule has 0 spiro atoms. The highest BCUT2D eigenvalue weighted by atomic mass is 35.5. The molecule has 2 rings (SSSR count). The van der Waals surface area contributed by atoms with Crippen LogP contribution in [0.15, 0.2) is 41.3 Å². The van der Waals surface area contributed by atoms with Gasteiger partial charge in [-0.25, -0.2) is 4.98 Å². The Hall–Kier alpha value is -1.32. The van der Waals surface area contributed by atoms with Gasteiger partial charge in [0.15, 0.2) is 0 Å². The molecule has 0 aliphatic carbocycles.